The summed E-state index contributed by atoms with van der Waals surface area (Å²) in [6.45, 7) is 8.02. The van der Waals surface area contributed by atoms with Gasteiger partial charge in [-0.15, -0.1) is 0 Å². The third kappa shape index (κ3) is 8.51. The Morgan fingerprint density at radius 1 is 0.955 bits per heavy atom. The first-order valence-electron chi connectivity index (χ1n) is 6.30. The van der Waals surface area contributed by atoms with Gasteiger partial charge in [-0.05, 0) is 6.92 Å². The van der Waals surface area contributed by atoms with Crippen LogP contribution in [0.1, 0.15) is 26.2 Å². The number of esters is 2. The first kappa shape index (κ1) is 19.4. The zero-order valence-electron chi connectivity index (χ0n) is 12.2. The molecule has 0 aromatic heterocycles. The molecule has 0 aliphatic carbocycles. The molecule has 0 aromatic rings. The normalized spacial score (nSPS) is 11.1. The first-order valence-corrected chi connectivity index (χ1v) is 6.30. The van der Waals surface area contributed by atoms with Gasteiger partial charge in [0.15, 0.2) is 0 Å². The van der Waals surface area contributed by atoms with E-state index in [4.69, 9.17) is 19.7 Å². The highest BCUT2D eigenvalue weighted by molar-refractivity contribution is 5.93. The van der Waals surface area contributed by atoms with E-state index in [0.29, 0.717) is 0 Å². The lowest BCUT2D eigenvalue weighted by atomic mass is 10.2. The number of rotatable bonds is 10. The maximum absolute atomic E-state index is 11.4. The Balaban J connectivity index is 4.06. The largest absolute Gasteiger partial charge is 0.481 e. The summed E-state index contributed by atoms with van der Waals surface area (Å²) in [5, 5.41) is 17.0. The van der Waals surface area contributed by atoms with Crippen LogP contribution < -0.4 is 0 Å². The minimum absolute atomic E-state index is 0.0999. The molecule has 2 N–H and O–H groups in total. The van der Waals surface area contributed by atoms with Crippen LogP contribution in [0.4, 0.5) is 0 Å². The number of aliphatic carboxylic acids is 2. The van der Waals surface area contributed by atoms with E-state index in [1.54, 1.807) is 0 Å². The lowest BCUT2D eigenvalue weighted by molar-refractivity contribution is -0.148. The first-order chi connectivity index (χ1) is 10.1. The fraction of sp³-hybridized carbons (Fsp3) is 0.429. The van der Waals surface area contributed by atoms with E-state index in [2.05, 4.69) is 13.2 Å². The van der Waals surface area contributed by atoms with Gasteiger partial charge in [0.25, 0.3) is 0 Å². The fourth-order valence-electron chi connectivity index (χ4n) is 1.25. The maximum Gasteiger partial charge on any atom is 0.334 e. The van der Waals surface area contributed by atoms with Crippen molar-refractivity contribution >= 4 is 23.9 Å². The Morgan fingerprint density at radius 2 is 1.41 bits per heavy atom. The predicted octanol–water partition coefficient (Wildman–Crippen LogP) is 0.913. The van der Waals surface area contributed by atoms with Gasteiger partial charge in [0.2, 0.25) is 0 Å². The molecule has 122 valence electrons. The van der Waals surface area contributed by atoms with E-state index < -0.39 is 42.8 Å². The summed E-state index contributed by atoms with van der Waals surface area (Å²) in [5.74, 6) is -4.06. The van der Waals surface area contributed by atoms with Crippen molar-refractivity contribution in [2.75, 3.05) is 6.61 Å². The molecule has 0 radical (unpaired) electrons. The molecular weight excluding hydrogens is 296 g/mol. The quantitative estimate of drug-likeness (QED) is 0.450. The molecule has 8 heteroatoms. The average molecular weight is 314 g/mol. The standard InChI is InChI=1S/C14H18O8/c1-8(6-11(15)16)13(19)21-5-4-10(3)22-14(20)9(2)7-12(17)18/h10H,1-2,4-7H2,3H3,(H,15,16)(H,17,18). The molecule has 22 heavy (non-hydrogen) atoms. The van der Waals surface area contributed by atoms with E-state index in [-0.39, 0.29) is 24.2 Å². The van der Waals surface area contributed by atoms with Gasteiger partial charge in [-0.3, -0.25) is 9.59 Å². The summed E-state index contributed by atoms with van der Waals surface area (Å²) < 4.78 is 9.68. The SMILES string of the molecule is C=C(CC(=O)O)C(=O)OCCC(C)OC(=O)C(=C)CC(=O)O. The minimum atomic E-state index is -1.19. The number of hydrogen-bond acceptors (Lipinski definition) is 6. The van der Waals surface area contributed by atoms with Crippen molar-refractivity contribution in [2.24, 2.45) is 0 Å². The van der Waals surface area contributed by atoms with Gasteiger partial charge in [0.1, 0.15) is 6.10 Å². The van der Waals surface area contributed by atoms with Crippen molar-refractivity contribution in [3.8, 4) is 0 Å². The van der Waals surface area contributed by atoms with Crippen molar-refractivity contribution < 1.29 is 38.9 Å². The molecular formula is C14H18O8. The summed E-state index contributed by atoms with van der Waals surface area (Å²) >= 11 is 0. The zero-order chi connectivity index (χ0) is 17.3. The Labute approximate surface area is 127 Å². The van der Waals surface area contributed by atoms with Gasteiger partial charge in [0, 0.05) is 17.6 Å². The number of hydrogen-bond donors (Lipinski definition) is 2. The van der Waals surface area contributed by atoms with Crippen LogP contribution in [0.2, 0.25) is 0 Å². The van der Waals surface area contributed by atoms with Gasteiger partial charge in [-0.1, -0.05) is 13.2 Å². The van der Waals surface area contributed by atoms with E-state index >= 15 is 0 Å². The smallest absolute Gasteiger partial charge is 0.334 e. The van der Waals surface area contributed by atoms with Gasteiger partial charge >= 0.3 is 23.9 Å². The monoisotopic (exact) mass is 314 g/mol. The highest BCUT2D eigenvalue weighted by Crippen LogP contribution is 2.07. The number of ether oxygens (including phenoxy) is 2. The molecule has 0 saturated carbocycles. The van der Waals surface area contributed by atoms with Crippen LogP contribution in [-0.4, -0.2) is 46.8 Å². The van der Waals surface area contributed by atoms with Crippen LogP contribution in [-0.2, 0) is 28.7 Å². The molecule has 0 heterocycles. The van der Waals surface area contributed by atoms with Crippen molar-refractivity contribution in [2.45, 2.75) is 32.3 Å². The lowest BCUT2D eigenvalue weighted by Crippen LogP contribution is -2.20. The molecule has 0 bridgehead atoms. The highest BCUT2D eigenvalue weighted by Gasteiger charge is 2.17. The van der Waals surface area contributed by atoms with Gasteiger partial charge < -0.3 is 19.7 Å². The molecule has 0 rings (SSSR count). The van der Waals surface area contributed by atoms with Crippen molar-refractivity contribution in [1.82, 2.24) is 0 Å². The molecule has 0 aromatic carbocycles. The summed E-state index contributed by atoms with van der Waals surface area (Å²) in [6.07, 6.45) is -1.50. The lowest BCUT2D eigenvalue weighted by Gasteiger charge is -2.14. The Morgan fingerprint density at radius 3 is 1.86 bits per heavy atom. The molecule has 0 aliphatic rings. The maximum atomic E-state index is 11.4. The van der Waals surface area contributed by atoms with Crippen LogP contribution in [0.5, 0.6) is 0 Å². The van der Waals surface area contributed by atoms with E-state index in [0.717, 1.165) is 0 Å². The van der Waals surface area contributed by atoms with Gasteiger partial charge in [0.05, 0.1) is 19.4 Å². The van der Waals surface area contributed by atoms with Crippen LogP contribution >= 0.6 is 0 Å². The molecule has 8 nitrogen and oxygen atoms in total. The third-order valence-corrected chi connectivity index (χ3v) is 2.37. The number of carbonyl (C=O) groups excluding carboxylic acids is 2. The van der Waals surface area contributed by atoms with Gasteiger partial charge in [-0.25, -0.2) is 9.59 Å². The highest BCUT2D eigenvalue weighted by atomic mass is 16.6. The summed E-state index contributed by atoms with van der Waals surface area (Å²) in [7, 11) is 0. The van der Waals surface area contributed by atoms with Crippen LogP contribution in [0, 0.1) is 0 Å². The second kappa shape index (κ2) is 9.32. The summed E-state index contributed by atoms with van der Waals surface area (Å²) in [6, 6.07) is 0. The second-order valence-corrected chi connectivity index (χ2v) is 4.49. The molecule has 0 saturated heterocycles. The second-order valence-electron chi connectivity index (χ2n) is 4.49. The van der Waals surface area contributed by atoms with E-state index in [1.165, 1.54) is 6.92 Å². The van der Waals surface area contributed by atoms with Crippen LogP contribution in [0.3, 0.4) is 0 Å². The predicted molar refractivity (Wildman–Crippen MR) is 73.9 cm³/mol. The molecule has 0 amide bonds. The minimum Gasteiger partial charge on any atom is -0.481 e. The number of carboxylic acid groups (broad SMARTS) is 2. The van der Waals surface area contributed by atoms with E-state index in [1.807, 2.05) is 0 Å². The summed E-state index contributed by atoms with van der Waals surface area (Å²) in [4.78, 5) is 43.6. The number of carboxylic acids is 2. The number of carbonyl (C=O) groups is 4. The molecule has 1 unspecified atom stereocenters. The van der Waals surface area contributed by atoms with Crippen molar-refractivity contribution in [1.29, 1.82) is 0 Å². The van der Waals surface area contributed by atoms with Crippen molar-refractivity contribution in [3.05, 3.63) is 24.3 Å². The molecule has 0 fully saturated rings. The Hall–Kier alpha value is -2.64. The van der Waals surface area contributed by atoms with Crippen LogP contribution in [0.25, 0.3) is 0 Å². The Kier molecular flexibility index (Phi) is 8.21. The molecule has 0 spiro atoms. The summed E-state index contributed by atoms with van der Waals surface area (Å²) in [5.41, 5.74) is -0.377. The average Bonchev–Trinajstić information content (AvgIpc) is 2.36. The molecule has 0 aliphatic heterocycles. The van der Waals surface area contributed by atoms with Crippen LogP contribution in [0.15, 0.2) is 24.3 Å². The topological polar surface area (TPSA) is 127 Å². The molecule has 1 atom stereocenters. The van der Waals surface area contributed by atoms with E-state index in [9.17, 15) is 19.2 Å². The zero-order valence-corrected chi connectivity index (χ0v) is 12.2. The van der Waals surface area contributed by atoms with Gasteiger partial charge in [-0.2, -0.15) is 0 Å². The Bertz CT molecular complexity index is 491. The third-order valence-electron chi connectivity index (χ3n) is 2.37. The van der Waals surface area contributed by atoms with Crippen molar-refractivity contribution in [3.63, 3.8) is 0 Å². The fourth-order valence-corrected chi connectivity index (χ4v) is 1.25.